The van der Waals surface area contributed by atoms with Gasteiger partial charge in [0.2, 0.25) is 0 Å². The van der Waals surface area contributed by atoms with Crippen LogP contribution in [0.5, 0.6) is 11.5 Å². The van der Waals surface area contributed by atoms with E-state index >= 15 is 0 Å². The molecule has 0 aliphatic rings. The average molecular weight is 256 g/mol. The van der Waals surface area contributed by atoms with E-state index in [0.29, 0.717) is 29.3 Å². The van der Waals surface area contributed by atoms with Gasteiger partial charge in [-0.1, -0.05) is 18.2 Å². The van der Waals surface area contributed by atoms with E-state index < -0.39 is 0 Å². The summed E-state index contributed by atoms with van der Waals surface area (Å²) in [5.41, 5.74) is 6.77. The number of hydrogen-bond donors (Lipinski definition) is 2. The van der Waals surface area contributed by atoms with Crippen molar-refractivity contribution < 1.29 is 9.53 Å². The van der Waals surface area contributed by atoms with Crippen molar-refractivity contribution in [1.29, 1.82) is 0 Å². The molecule has 0 unspecified atom stereocenters. The SMILES string of the molecule is CCNC(=O)c1ccc(N)cc1Oc1ccccc1. The van der Waals surface area contributed by atoms with Gasteiger partial charge in [0.15, 0.2) is 0 Å². The number of nitrogen functional groups attached to an aromatic ring is 1. The van der Waals surface area contributed by atoms with E-state index in [-0.39, 0.29) is 5.91 Å². The molecule has 0 aliphatic carbocycles. The molecule has 0 heterocycles. The van der Waals surface area contributed by atoms with Crippen LogP contribution in [0.2, 0.25) is 0 Å². The maximum absolute atomic E-state index is 11.9. The van der Waals surface area contributed by atoms with Crippen molar-refractivity contribution >= 4 is 11.6 Å². The van der Waals surface area contributed by atoms with Gasteiger partial charge in [-0.25, -0.2) is 0 Å². The van der Waals surface area contributed by atoms with E-state index in [1.807, 2.05) is 37.3 Å². The van der Waals surface area contributed by atoms with Crippen LogP contribution in [0.3, 0.4) is 0 Å². The van der Waals surface area contributed by atoms with E-state index in [1.54, 1.807) is 18.2 Å². The molecule has 0 saturated carbocycles. The molecule has 2 rings (SSSR count). The van der Waals surface area contributed by atoms with Crippen molar-refractivity contribution in [2.24, 2.45) is 0 Å². The third-order valence-electron chi connectivity index (χ3n) is 2.56. The molecule has 3 N–H and O–H groups in total. The number of anilines is 1. The molecule has 2 aromatic carbocycles. The Kier molecular flexibility index (Phi) is 4.03. The standard InChI is InChI=1S/C15H16N2O2/c1-2-17-15(18)13-9-8-11(16)10-14(13)19-12-6-4-3-5-7-12/h3-10H,2,16H2,1H3,(H,17,18). The van der Waals surface area contributed by atoms with Gasteiger partial charge in [0.25, 0.3) is 5.91 Å². The van der Waals surface area contributed by atoms with Gasteiger partial charge in [-0.3, -0.25) is 4.79 Å². The van der Waals surface area contributed by atoms with Crippen LogP contribution in [0.15, 0.2) is 48.5 Å². The highest BCUT2D eigenvalue weighted by Crippen LogP contribution is 2.27. The van der Waals surface area contributed by atoms with E-state index in [2.05, 4.69) is 5.32 Å². The highest BCUT2D eigenvalue weighted by atomic mass is 16.5. The number of carbonyl (C=O) groups excluding carboxylic acids is 1. The minimum absolute atomic E-state index is 0.173. The number of hydrogen-bond acceptors (Lipinski definition) is 3. The Hall–Kier alpha value is -2.49. The predicted octanol–water partition coefficient (Wildman–Crippen LogP) is 2.81. The molecule has 2 aromatic rings. The molecule has 0 atom stereocenters. The van der Waals surface area contributed by atoms with Crippen molar-refractivity contribution in [3.8, 4) is 11.5 Å². The molecule has 4 nitrogen and oxygen atoms in total. The quantitative estimate of drug-likeness (QED) is 0.827. The maximum Gasteiger partial charge on any atom is 0.255 e. The molecular formula is C15H16N2O2. The summed E-state index contributed by atoms with van der Waals surface area (Å²) < 4.78 is 5.72. The summed E-state index contributed by atoms with van der Waals surface area (Å²) in [6, 6.07) is 14.3. The summed E-state index contributed by atoms with van der Waals surface area (Å²) in [6.07, 6.45) is 0. The molecule has 0 spiro atoms. The van der Waals surface area contributed by atoms with Gasteiger partial charge >= 0.3 is 0 Å². The van der Waals surface area contributed by atoms with Crippen LogP contribution in [0.4, 0.5) is 5.69 Å². The largest absolute Gasteiger partial charge is 0.456 e. The van der Waals surface area contributed by atoms with Crippen molar-refractivity contribution in [2.75, 3.05) is 12.3 Å². The van der Waals surface area contributed by atoms with Crippen LogP contribution in [0.1, 0.15) is 17.3 Å². The van der Waals surface area contributed by atoms with Crippen LogP contribution in [-0.4, -0.2) is 12.5 Å². The lowest BCUT2D eigenvalue weighted by atomic mass is 10.1. The van der Waals surface area contributed by atoms with Gasteiger partial charge in [0.05, 0.1) is 5.56 Å². The molecule has 0 bridgehead atoms. The summed E-state index contributed by atoms with van der Waals surface area (Å²) in [4.78, 5) is 11.9. The van der Waals surface area contributed by atoms with E-state index in [9.17, 15) is 4.79 Å². The minimum atomic E-state index is -0.173. The lowest BCUT2D eigenvalue weighted by molar-refractivity contribution is 0.0953. The fourth-order valence-electron chi connectivity index (χ4n) is 1.68. The van der Waals surface area contributed by atoms with E-state index in [0.717, 1.165) is 0 Å². The number of nitrogens with two attached hydrogens (primary N) is 1. The smallest absolute Gasteiger partial charge is 0.255 e. The number of rotatable bonds is 4. The molecule has 98 valence electrons. The number of nitrogens with one attached hydrogen (secondary N) is 1. The zero-order chi connectivity index (χ0) is 13.7. The summed E-state index contributed by atoms with van der Waals surface area (Å²) in [5, 5.41) is 2.75. The van der Waals surface area contributed by atoms with Gasteiger partial charge in [0, 0.05) is 18.3 Å². The number of ether oxygens (including phenoxy) is 1. The Labute approximate surface area is 112 Å². The van der Waals surface area contributed by atoms with Crippen LogP contribution in [0, 0.1) is 0 Å². The molecule has 0 radical (unpaired) electrons. The molecular weight excluding hydrogens is 240 g/mol. The van der Waals surface area contributed by atoms with Gasteiger partial charge in [-0.2, -0.15) is 0 Å². The fraction of sp³-hybridized carbons (Fsp3) is 0.133. The summed E-state index contributed by atoms with van der Waals surface area (Å²) >= 11 is 0. The van der Waals surface area contributed by atoms with Crippen molar-refractivity contribution in [3.05, 3.63) is 54.1 Å². The van der Waals surface area contributed by atoms with Crippen molar-refractivity contribution in [1.82, 2.24) is 5.32 Å². The van der Waals surface area contributed by atoms with Crippen LogP contribution < -0.4 is 15.8 Å². The normalized spacial score (nSPS) is 9.95. The first-order valence-electron chi connectivity index (χ1n) is 6.11. The fourth-order valence-corrected chi connectivity index (χ4v) is 1.68. The monoisotopic (exact) mass is 256 g/mol. The van der Waals surface area contributed by atoms with Crippen LogP contribution in [0.25, 0.3) is 0 Å². The topological polar surface area (TPSA) is 64.4 Å². The average Bonchev–Trinajstić information content (AvgIpc) is 2.40. The molecule has 0 saturated heterocycles. The number of benzene rings is 2. The Morgan fingerprint density at radius 2 is 1.95 bits per heavy atom. The first-order valence-corrected chi connectivity index (χ1v) is 6.11. The Balaban J connectivity index is 2.32. The minimum Gasteiger partial charge on any atom is -0.456 e. The Morgan fingerprint density at radius 1 is 1.21 bits per heavy atom. The second-order valence-corrected chi connectivity index (χ2v) is 4.03. The predicted molar refractivity (Wildman–Crippen MR) is 75.4 cm³/mol. The zero-order valence-electron chi connectivity index (χ0n) is 10.7. The Morgan fingerprint density at radius 3 is 2.63 bits per heavy atom. The Bertz CT molecular complexity index is 568. The third-order valence-corrected chi connectivity index (χ3v) is 2.56. The highest BCUT2D eigenvalue weighted by Gasteiger charge is 2.12. The van der Waals surface area contributed by atoms with E-state index in [4.69, 9.17) is 10.5 Å². The summed E-state index contributed by atoms with van der Waals surface area (Å²) in [5.74, 6) is 0.948. The van der Waals surface area contributed by atoms with Gasteiger partial charge < -0.3 is 15.8 Å². The second-order valence-electron chi connectivity index (χ2n) is 4.03. The van der Waals surface area contributed by atoms with Crippen LogP contribution >= 0.6 is 0 Å². The number of para-hydroxylation sites is 1. The lowest BCUT2D eigenvalue weighted by Crippen LogP contribution is -2.23. The highest BCUT2D eigenvalue weighted by molar-refractivity contribution is 5.97. The van der Waals surface area contributed by atoms with Crippen LogP contribution in [-0.2, 0) is 0 Å². The molecule has 4 heteroatoms. The first kappa shape index (κ1) is 13.0. The maximum atomic E-state index is 11.9. The van der Waals surface area contributed by atoms with Crippen molar-refractivity contribution in [2.45, 2.75) is 6.92 Å². The molecule has 0 aliphatic heterocycles. The third kappa shape index (κ3) is 3.25. The zero-order valence-corrected chi connectivity index (χ0v) is 10.7. The summed E-state index contributed by atoms with van der Waals surface area (Å²) in [6.45, 7) is 2.43. The van der Waals surface area contributed by atoms with Gasteiger partial charge in [-0.05, 0) is 31.2 Å². The summed E-state index contributed by atoms with van der Waals surface area (Å²) in [7, 11) is 0. The molecule has 19 heavy (non-hydrogen) atoms. The second kappa shape index (κ2) is 5.91. The number of carbonyl (C=O) groups is 1. The van der Waals surface area contributed by atoms with Gasteiger partial charge in [-0.15, -0.1) is 0 Å². The first-order chi connectivity index (χ1) is 9.20. The molecule has 1 amide bonds. The molecule has 0 fully saturated rings. The lowest BCUT2D eigenvalue weighted by Gasteiger charge is -2.11. The molecule has 0 aromatic heterocycles. The van der Waals surface area contributed by atoms with E-state index in [1.165, 1.54) is 0 Å². The van der Waals surface area contributed by atoms with Crippen molar-refractivity contribution in [3.63, 3.8) is 0 Å². The van der Waals surface area contributed by atoms with Gasteiger partial charge in [0.1, 0.15) is 11.5 Å². The number of amides is 1.